The summed E-state index contributed by atoms with van der Waals surface area (Å²) in [5.74, 6) is 1.42. The van der Waals surface area contributed by atoms with E-state index in [9.17, 15) is 0 Å². The zero-order valence-corrected chi connectivity index (χ0v) is 14.0. The van der Waals surface area contributed by atoms with Crippen LogP contribution in [0.5, 0.6) is 5.75 Å². The molecule has 4 rings (SSSR count). The molecule has 2 aromatic rings. The van der Waals surface area contributed by atoms with Gasteiger partial charge in [0.05, 0.1) is 0 Å². The molecule has 4 heteroatoms. The molecule has 2 aromatic carbocycles. The highest BCUT2D eigenvalue weighted by Gasteiger charge is 2.51. The van der Waals surface area contributed by atoms with Crippen LogP contribution in [0.4, 0.5) is 0 Å². The van der Waals surface area contributed by atoms with Gasteiger partial charge in [-0.25, -0.2) is 0 Å². The Hall–Kier alpha value is -1.22. The van der Waals surface area contributed by atoms with E-state index in [-0.39, 0.29) is 18.0 Å². The highest BCUT2D eigenvalue weighted by atomic mass is 35.5. The fraction of sp³-hybridized carbons (Fsp3) is 0.333. The third kappa shape index (κ3) is 2.30. The number of para-hydroxylation sites is 1. The van der Waals surface area contributed by atoms with Gasteiger partial charge in [0, 0.05) is 36.0 Å². The smallest absolute Gasteiger partial charge is 0.143 e. The van der Waals surface area contributed by atoms with Gasteiger partial charge in [0.15, 0.2) is 0 Å². The Balaban J connectivity index is 0.00000144. The van der Waals surface area contributed by atoms with Crippen molar-refractivity contribution in [3.63, 3.8) is 0 Å². The molecule has 2 aliphatic heterocycles. The number of nitrogens with zero attached hydrogens (tertiary/aromatic N) is 1. The molecule has 0 N–H and O–H groups in total. The Morgan fingerprint density at radius 2 is 1.86 bits per heavy atom. The number of halogens is 2. The number of fused-ring (bicyclic) bond motifs is 3. The van der Waals surface area contributed by atoms with Gasteiger partial charge in [-0.2, -0.15) is 0 Å². The molecule has 1 fully saturated rings. The van der Waals surface area contributed by atoms with Gasteiger partial charge in [-0.3, -0.25) is 0 Å². The first-order valence-electron chi connectivity index (χ1n) is 7.41. The second kappa shape index (κ2) is 5.77. The van der Waals surface area contributed by atoms with Crippen molar-refractivity contribution in [2.45, 2.75) is 17.9 Å². The van der Waals surface area contributed by atoms with E-state index in [1.54, 1.807) is 0 Å². The first kappa shape index (κ1) is 15.7. The van der Waals surface area contributed by atoms with Crippen molar-refractivity contribution in [3.05, 3.63) is 64.7 Å². The predicted molar refractivity (Wildman–Crippen MR) is 92.3 cm³/mol. The average Bonchev–Trinajstić information content (AvgIpc) is 2.83. The lowest BCUT2D eigenvalue weighted by Crippen LogP contribution is -2.47. The van der Waals surface area contributed by atoms with Gasteiger partial charge in [-0.05, 0) is 30.8 Å². The summed E-state index contributed by atoms with van der Waals surface area (Å²) in [5, 5.41) is 0.773. The van der Waals surface area contributed by atoms with E-state index in [0.29, 0.717) is 5.92 Å². The molecule has 0 aromatic heterocycles. The molecule has 0 saturated carbocycles. The summed E-state index contributed by atoms with van der Waals surface area (Å²) in [6, 6.07) is 16.6. The van der Waals surface area contributed by atoms with E-state index in [1.165, 1.54) is 11.1 Å². The van der Waals surface area contributed by atoms with Crippen LogP contribution < -0.4 is 4.74 Å². The molecule has 116 valence electrons. The van der Waals surface area contributed by atoms with E-state index < -0.39 is 0 Å². The Morgan fingerprint density at radius 3 is 2.64 bits per heavy atom. The Labute approximate surface area is 142 Å². The molecule has 1 saturated heterocycles. The van der Waals surface area contributed by atoms with Crippen molar-refractivity contribution in [2.24, 2.45) is 0 Å². The van der Waals surface area contributed by atoms with Crippen LogP contribution in [0.15, 0.2) is 48.5 Å². The van der Waals surface area contributed by atoms with Crippen LogP contribution >= 0.6 is 24.0 Å². The predicted octanol–water partition coefficient (Wildman–Crippen LogP) is 4.47. The van der Waals surface area contributed by atoms with Gasteiger partial charge in [0.1, 0.15) is 11.4 Å². The third-order valence-electron chi connectivity index (χ3n) is 4.84. The topological polar surface area (TPSA) is 12.5 Å². The molecule has 2 aliphatic rings. The minimum absolute atomic E-state index is 0. The van der Waals surface area contributed by atoms with E-state index in [2.05, 4.69) is 48.3 Å². The molecule has 0 amide bonds. The van der Waals surface area contributed by atoms with Crippen molar-refractivity contribution in [3.8, 4) is 5.75 Å². The van der Waals surface area contributed by atoms with Crippen molar-refractivity contribution in [1.29, 1.82) is 0 Å². The SMILES string of the molecule is CN1CCC2(c3ccc(Cl)cc3)Oc3ccccc3C2C1.Cl. The zero-order chi connectivity index (χ0) is 14.4. The van der Waals surface area contributed by atoms with E-state index >= 15 is 0 Å². The normalized spacial score (nSPS) is 26.5. The summed E-state index contributed by atoms with van der Waals surface area (Å²) in [6.45, 7) is 2.08. The Bertz CT molecular complexity index is 673. The lowest BCUT2D eigenvalue weighted by Gasteiger charge is -2.42. The summed E-state index contributed by atoms with van der Waals surface area (Å²) in [5.41, 5.74) is 2.33. The number of hydrogen-bond acceptors (Lipinski definition) is 2. The van der Waals surface area contributed by atoms with E-state index in [4.69, 9.17) is 16.3 Å². The summed E-state index contributed by atoms with van der Waals surface area (Å²) in [7, 11) is 2.19. The molecule has 2 nitrogen and oxygen atoms in total. The van der Waals surface area contributed by atoms with Gasteiger partial charge < -0.3 is 9.64 Å². The summed E-state index contributed by atoms with van der Waals surface area (Å²) < 4.78 is 6.50. The minimum atomic E-state index is -0.235. The highest BCUT2D eigenvalue weighted by Crippen LogP contribution is 2.54. The number of rotatable bonds is 1. The largest absolute Gasteiger partial charge is 0.482 e. The molecule has 0 aliphatic carbocycles. The first-order chi connectivity index (χ1) is 10.2. The standard InChI is InChI=1S/C18H18ClNO.ClH/c1-20-11-10-18(13-6-8-14(19)9-7-13)16(12-20)15-4-2-3-5-17(15)21-18;/h2-9,16H,10-12H2,1H3;1H. The van der Waals surface area contributed by atoms with Crippen molar-refractivity contribution >= 4 is 24.0 Å². The van der Waals surface area contributed by atoms with Gasteiger partial charge in [-0.1, -0.05) is 41.9 Å². The second-order valence-electron chi connectivity index (χ2n) is 6.10. The van der Waals surface area contributed by atoms with Gasteiger partial charge in [0.25, 0.3) is 0 Å². The zero-order valence-electron chi connectivity index (χ0n) is 12.5. The fourth-order valence-corrected chi connectivity index (χ4v) is 3.87. The van der Waals surface area contributed by atoms with Crippen LogP contribution in [0.25, 0.3) is 0 Å². The minimum Gasteiger partial charge on any atom is -0.482 e. The molecule has 22 heavy (non-hydrogen) atoms. The van der Waals surface area contributed by atoms with Crippen LogP contribution in [0.1, 0.15) is 23.5 Å². The fourth-order valence-electron chi connectivity index (χ4n) is 3.75. The maximum atomic E-state index is 6.50. The van der Waals surface area contributed by atoms with Crippen LogP contribution in [0.2, 0.25) is 5.02 Å². The number of piperidine rings is 1. The Morgan fingerprint density at radius 1 is 1.14 bits per heavy atom. The van der Waals surface area contributed by atoms with Gasteiger partial charge >= 0.3 is 0 Å². The molecule has 0 radical (unpaired) electrons. The first-order valence-corrected chi connectivity index (χ1v) is 7.79. The molecule has 2 atom stereocenters. The van der Waals surface area contributed by atoms with Crippen molar-refractivity contribution in [1.82, 2.24) is 4.90 Å². The van der Waals surface area contributed by atoms with Gasteiger partial charge in [-0.15, -0.1) is 12.4 Å². The average molecular weight is 336 g/mol. The number of ether oxygens (including phenoxy) is 1. The molecule has 2 heterocycles. The molecule has 0 bridgehead atoms. The van der Waals surface area contributed by atoms with E-state index in [1.807, 2.05) is 12.1 Å². The maximum absolute atomic E-state index is 6.50. The summed E-state index contributed by atoms with van der Waals surface area (Å²) >= 11 is 6.05. The van der Waals surface area contributed by atoms with Crippen LogP contribution in [0, 0.1) is 0 Å². The quantitative estimate of drug-likeness (QED) is 0.762. The highest BCUT2D eigenvalue weighted by molar-refractivity contribution is 6.30. The number of likely N-dealkylation sites (tertiary alicyclic amines) is 1. The second-order valence-corrected chi connectivity index (χ2v) is 6.54. The lowest BCUT2D eigenvalue weighted by molar-refractivity contribution is 0.00703. The maximum Gasteiger partial charge on any atom is 0.143 e. The number of benzene rings is 2. The van der Waals surface area contributed by atoms with E-state index in [0.717, 1.165) is 30.3 Å². The number of likely N-dealkylation sites (N-methyl/N-ethyl adjacent to an activating group) is 1. The van der Waals surface area contributed by atoms with Crippen molar-refractivity contribution in [2.75, 3.05) is 20.1 Å². The monoisotopic (exact) mass is 335 g/mol. The molecular weight excluding hydrogens is 317 g/mol. The molecular formula is C18H19Cl2NO. The third-order valence-corrected chi connectivity index (χ3v) is 5.09. The Kier molecular flexibility index (Phi) is 4.11. The van der Waals surface area contributed by atoms with Crippen LogP contribution in [-0.4, -0.2) is 25.0 Å². The summed E-state index contributed by atoms with van der Waals surface area (Å²) in [6.07, 6.45) is 1.00. The molecule has 0 spiro atoms. The summed E-state index contributed by atoms with van der Waals surface area (Å²) in [4.78, 5) is 2.39. The van der Waals surface area contributed by atoms with Gasteiger partial charge in [0.2, 0.25) is 0 Å². The van der Waals surface area contributed by atoms with Crippen molar-refractivity contribution < 1.29 is 4.74 Å². The van der Waals surface area contributed by atoms with Crippen LogP contribution in [-0.2, 0) is 5.60 Å². The number of hydrogen-bond donors (Lipinski definition) is 0. The van der Waals surface area contributed by atoms with Crippen LogP contribution in [0.3, 0.4) is 0 Å². The lowest BCUT2D eigenvalue weighted by atomic mass is 9.74. The molecule has 2 unspecified atom stereocenters.